The van der Waals surface area contributed by atoms with E-state index >= 15 is 0 Å². The number of sulfonamides is 1. The van der Waals surface area contributed by atoms with Crippen LogP contribution in [0.2, 0.25) is 0 Å². The molecule has 152 valence electrons. The Morgan fingerprint density at radius 3 is 2.81 bits per heavy atom. The lowest BCUT2D eigenvalue weighted by Gasteiger charge is -2.23. The highest BCUT2D eigenvalue weighted by molar-refractivity contribution is 7.88. The van der Waals surface area contributed by atoms with Crippen LogP contribution in [0.25, 0.3) is 0 Å². The second kappa shape index (κ2) is 7.69. The van der Waals surface area contributed by atoms with Crippen LogP contribution < -0.4 is 10.6 Å². The van der Waals surface area contributed by atoms with Crippen LogP contribution in [-0.4, -0.2) is 54.3 Å². The largest absolute Gasteiger partial charge is 0.350 e. The van der Waals surface area contributed by atoms with Gasteiger partial charge >= 0.3 is 0 Å². The third kappa shape index (κ3) is 4.31. The molecular formula is C17H28ClN5O3S. The van der Waals surface area contributed by atoms with Crippen LogP contribution in [0.15, 0.2) is 6.07 Å². The van der Waals surface area contributed by atoms with Crippen molar-refractivity contribution in [3.8, 4) is 0 Å². The summed E-state index contributed by atoms with van der Waals surface area (Å²) in [7, 11) is -3.21. The number of nitrogens with one attached hydrogen (secondary N) is 2. The number of carbonyl (C=O) groups excluding carboxylic acids is 1. The number of amides is 1. The average molecular weight is 418 g/mol. The quantitative estimate of drug-likeness (QED) is 0.742. The van der Waals surface area contributed by atoms with E-state index in [-0.39, 0.29) is 29.6 Å². The number of piperidine rings is 1. The zero-order valence-corrected chi connectivity index (χ0v) is 17.2. The van der Waals surface area contributed by atoms with E-state index in [0.29, 0.717) is 26.2 Å². The normalized spacial score (nSPS) is 24.6. The highest BCUT2D eigenvalue weighted by Crippen LogP contribution is 2.58. The standard InChI is InChI=1S/C17H27N5O3S.ClH/c1-26(24,25)21-7-2-8-22-14(12-21)9-13(20-22)11-19-16(23)15-10-17(15)3-5-18-6-4-17;/h9,15,18H,2-8,10-12H2,1H3,(H,19,23);1H. The molecule has 0 aromatic carbocycles. The van der Waals surface area contributed by atoms with E-state index in [1.54, 1.807) is 0 Å². The highest BCUT2D eigenvalue weighted by Gasteiger charge is 2.57. The van der Waals surface area contributed by atoms with Gasteiger partial charge in [-0.1, -0.05) is 0 Å². The summed E-state index contributed by atoms with van der Waals surface area (Å²) in [6.45, 7) is 3.99. The fourth-order valence-electron chi connectivity index (χ4n) is 4.36. The fraction of sp³-hybridized carbons (Fsp3) is 0.765. The van der Waals surface area contributed by atoms with Crippen LogP contribution in [0.4, 0.5) is 0 Å². The molecule has 1 aromatic heterocycles. The Hall–Kier alpha value is -1.16. The molecule has 1 spiro atoms. The van der Waals surface area contributed by atoms with Crippen molar-refractivity contribution in [3.63, 3.8) is 0 Å². The SMILES string of the molecule is CS(=O)(=O)N1CCCn2nc(CNC(=O)C3CC34CCNCC4)cc2C1.Cl. The molecule has 2 aliphatic heterocycles. The molecule has 3 heterocycles. The average Bonchev–Trinajstić information content (AvgIpc) is 3.21. The summed E-state index contributed by atoms with van der Waals surface area (Å²) in [5.41, 5.74) is 1.92. The van der Waals surface area contributed by atoms with Crippen LogP contribution in [0.3, 0.4) is 0 Å². The summed E-state index contributed by atoms with van der Waals surface area (Å²) in [6, 6.07) is 1.91. The third-order valence-corrected chi connectivity index (χ3v) is 7.30. The van der Waals surface area contributed by atoms with E-state index in [9.17, 15) is 13.2 Å². The summed E-state index contributed by atoms with van der Waals surface area (Å²) in [6.07, 6.45) is 5.17. The molecule has 0 radical (unpaired) electrons. The minimum absolute atomic E-state index is 0. The predicted molar refractivity (Wildman–Crippen MR) is 104 cm³/mol. The minimum atomic E-state index is -3.21. The van der Waals surface area contributed by atoms with E-state index in [4.69, 9.17) is 0 Å². The van der Waals surface area contributed by atoms with E-state index in [2.05, 4.69) is 15.7 Å². The number of carbonyl (C=O) groups is 1. The number of aryl methyl sites for hydroxylation is 1. The fourth-order valence-corrected chi connectivity index (χ4v) is 5.19. The lowest BCUT2D eigenvalue weighted by molar-refractivity contribution is -0.123. The molecule has 10 heteroatoms. The number of hydrogen-bond donors (Lipinski definition) is 2. The van der Waals surface area contributed by atoms with Crippen LogP contribution >= 0.6 is 12.4 Å². The van der Waals surface area contributed by atoms with Crippen molar-refractivity contribution in [2.24, 2.45) is 11.3 Å². The van der Waals surface area contributed by atoms with Gasteiger partial charge < -0.3 is 10.6 Å². The van der Waals surface area contributed by atoms with Gasteiger partial charge in [-0.05, 0) is 50.3 Å². The Labute approximate surface area is 166 Å². The molecular weight excluding hydrogens is 390 g/mol. The molecule has 1 amide bonds. The molecule has 1 saturated carbocycles. The second-order valence-electron chi connectivity index (χ2n) is 7.89. The smallest absolute Gasteiger partial charge is 0.224 e. The van der Waals surface area contributed by atoms with Crippen LogP contribution in [0, 0.1) is 11.3 Å². The first kappa shape index (κ1) is 20.6. The lowest BCUT2D eigenvalue weighted by Crippen LogP contribution is -2.33. The maximum Gasteiger partial charge on any atom is 0.224 e. The number of fused-ring (bicyclic) bond motifs is 1. The highest BCUT2D eigenvalue weighted by atomic mass is 35.5. The number of hydrogen-bond acceptors (Lipinski definition) is 5. The van der Waals surface area contributed by atoms with Gasteiger partial charge in [0, 0.05) is 19.0 Å². The summed E-state index contributed by atoms with van der Waals surface area (Å²) >= 11 is 0. The van der Waals surface area contributed by atoms with Gasteiger partial charge in [0.2, 0.25) is 15.9 Å². The topological polar surface area (TPSA) is 96.3 Å². The maximum atomic E-state index is 12.5. The lowest BCUT2D eigenvalue weighted by atomic mass is 9.92. The molecule has 4 rings (SSSR count). The predicted octanol–water partition coefficient (Wildman–Crippen LogP) is 0.476. The Kier molecular flexibility index (Phi) is 5.86. The van der Waals surface area contributed by atoms with Crippen molar-refractivity contribution in [2.75, 3.05) is 25.9 Å². The van der Waals surface area contributed by atoms with Crippen molar-refractivity contribution in [1.82, 2.24) is 24.7 Å². The van der Waals surface area contributed by atoms with Crippen LogP contribution in [0.5, 0.6) is 0 Å². The molecule has 1 aromatic rings. The van der Waals surface area contributed by atoms with Gasteiger partial charge in [-0.25, -0.2) is 8.42 Å². The van der Waals surface area contributed by atoms with Crippen molar-refractivity contribution in [3.05, 3.63) is 17.5 Å². The van der Waals surface area contributed by atoms with Gasteiger partial charge in [-0.3, -0.25) is 9.48 Å². The molecule has 1 saturated heterocycles. The Bertz CT molecular complexity index is 803. The summed E-state index contributed by atoms with van der Waals surface area (Å²) in [5.74, 6) is 0.277. The minimum Gasteiger partial charge on any atom is -0.350 e. The van der Waals surface area contributed by atoms with Crippen molar-refractivity contribution >= 4 is 28.3 Å². The number of halogens is 1. The first-order valence-corrected chi connectivity index (χ1v) is 11.2. The Morgan fingerprint density at radius 1 is 1.37 bits per heavy atom. The maximum absolute atomic E-state index is 12.5. The Balaban J connectivity index is 0.00000210. The third-order valence-electron chi connectivity index (χ3n) is 6.05. The van der Waals surface area contributed by atoms with Crippen LogP contribution in [0.1, 0.15) is 37.1 Å². The summed E-state index contributed by atoms with van der Waals surface area (Å²) < 4.78 is 27.0. The molecule has 2 fully saturated rings. The van der Waals surface area contributed by atoms with E-state index < -0.39 is 10.0 Å². The van der Waals surface area contributed by atoms with Gasteiger partial charge in [-0.15, -0.1) is 12.4 Å². The Morgan fingerprint density at radius 2 is 2.11 bits per heavy atom. The molecule has 8 nitrogen and oxygen atoms in total. The zero-order valence-electron chi connectivity index (χ0n) is 15.6. The van der Waals surface area contributed by atoms with Gasteiger partial charge in [0.1, 0.15) is 0 Å². The van der Waals surface area contributed by atoms with Gasteiger partial charge in [0.25, 0.3) is 0 Å². The van der Waals surface area contributed by atoms with Crippen molar-refractivity contribution < 1.29 is 13.2 Å². The molecule has 2 N–H and O–H groups in total. The first-order valence-electron chi connectivity index (χ1n) is 9.37. The van der Waals surface area contributed by atoms with Gasteiger partial charge in [0.05, 0.1) is 30.7 Å². The number of aromatic nitrogens is 2. The monoisotopic (exact) mass is 417 g/mol. The van der Waals surface area contributed by atoms with E-state index in [1.807, 2.05) is 10.7 Å². The molecule has 3 aliphatic rings. The molecule has 0 bridgehead atoms. The van der Waals surface area contributed by atoms with Crippen LogP contribution in [-0.2, 0) is 34.5 Å². The molecule has 1 atom stereocenters. The van der Waals surface area contributed by atoms with Crippen molar-refractivity contribution in [2.45, 2.75) is 45.3 Å². The van der Waals surface area contributed by atoms with Crippen molar-refractivity contribution in [1.29, 1.82) is 0 Å². The second-order valence-corrected chi connectivity index (χ2v) is 9.87. The van der Waals surface area contributed by atoms with E-state index in [1.165, 1.54) is 10.6 Å². The summed E-state index contributed by atoms with van der Waals surface area (Å²) in [4.78, 5) is 12.5. The van der Waals surface area contributed by atoms with Gasteiger partial charge in [0.15, 0.2) is 0 Å². The molecule has 1 unspecified atom stereocenters. The zero-order chi connectivity index (χ0) is 18.4. The number of rotatable bonds is 4. The number of nitrogens with zero attached hydrogens (tertiary/aromatic N) is 3. The first-order chi connectivity index (χ1) is 12.4. The van der Waals surface area contributed by atoms with E-state index in [0.717, 1.165) is 50.2 Å². The summed E-state index contributed by atoms with van der Waals surface area (Å²) in [5, 5.41) is 10.9. The molecule has 1 aliphatic carbocycles. The molecule has 27 heavy (non-hydrogen) atoms. The van der Waals surface area contributed by atoms with Gasteiger partial charge in [-0.2, -0.15) is 9.40 Å².